The van der Waals surface area contributed by atoms with E-state index < -0.39 is 11.6 Å². The van der Waals surface area contributed by atoms with E-state index in [1.165, 1.54) is 6.07 Å². The molecule has 4 heteroatoms. The van der Waals surface area contributed by atoms with Crippen LogP contribution in [0.5, 0.6) is 5.75 Å². The normalized spacial score (nSPS) is 23.1. The van der Waals surface area contributed by atoms with Gasteiger partial charge in [0.05, 0.1) is 12.7 Å². The minimum atomic E-state index is -0.611. The zero-order valence-corrected chi connectivity index (χ0v) is 12.3. The fraction of sp³-hybridized carbons (Fsp3) is 0.625. The van der Waals surface area contributed by atoms with Crippen molar-refractivity contribution in [3.63, 3.8) is 0 Å². The largest absolute Gasteiger partial charge is 0.487 e. The summed E-state index contributed by atoms with van der Waals surface area (Å²) < 4.78 is 38.7. The highest BCUT2D eigenvalue weighted by atomic mass is 19.1. The molecule has 1 aromatic rings. The molecule has 0 spiro atoms. The van der Waals surface area contributed by atoms with E-state index in [-0.39, 0.29) is 18.0 Å². The molecule has 2 nitrogen and oxygen atoms in total. The highest BCUT2D eigenvalue weighted by Gasteiger charge is 2.24. The first-order chi connectivity index (χ1) is 9.45. The molecule has 1 aliphatic heterocycles. The third kappa shape index (κ3) is 3.92. The van der Waals surface area contributed by atoms with Crippen LogP contribution in [0.1, 0.15) is 39.2 Å². The first-order valence-electron chi connectivity index (χ1n) is 7.22. The molecule has 1 aliphatic rings. The average Bonchev–Trinajstić information content (AvgIpc) is 2.33. The highest BCUT2D eigenvalue weighted by Crippen LogP contribution is 2.30. The monoisotopic (exact) mass is 284 g/mol. The zero-order valence-electron chi connectivity index (χ0n) is 12.3. The lowest BCUT2D eigenvalue weighted by atomic mass is 10.0. The maximum atomic E-state index is 14.0. The van der Waals surface area contributed by atoms with Gasteiger partial charge in [-0.2, -0.15) is 0 Å². The lowest BCUT2D eigenvalue weighted by Gasteiger charge is -2.29. The van der Waals surface area contributed by atoms with Gasteiger partial charge >= 0.3 is 0 Å². The number of rotatable bonds is 4. The van der Waals surface area contributed by atoms with Crippen LogP contribution in [-0.4, -0.2) is 18.8 Å². The van der Waals surface area contributed by atoms with Crippen LogP contribution >= 0.6 is 0 Å². The standard InChI is InChI=1S/C16H22F2O2/c1-10(2)6-12-8-13(17)9-15(18)16(12)20-14-4-5-19-11(3)7-14/h8-11,14H,4-7H2,1-3H3. The SMILES string of the molecule is CC(C)Cc1cc(F)cc(F)c1OC1CCOC(C)C1. The molecule has 0 radical (unpaired) electrons. The summed E-state index contributed by atoms with van der Waals surface area (Å²) in [5.41, 5.74) is 0.608. The van der Waals surface area contributed by atoms with E-state index in [0.717, 1.165) is 18.9 Å². The number of halogens is 2. The zero-order chi connectivity index (χ0) is 14.7. The fourth-order valence-corrected chi connectivity index (χ4v) is 2.57. The maximum Gasteiger partial charge on any atom is 0.168 e. The first kappa shape index (κ1) is 15.2. The smallest absolute Gasteiger partial charge is 0.168 e. The molecule has 0 N–H and O–H groups in total. The lowest BCUT2D eigenvalue weighted by molar-refractivity contribution is -0.0264. The van der Waals surface area contributed by atoms with Gasteiger partial charge in [-0.25, -0.2) is 8.78 Å². The van der Waals surface area contributed by atoms with Gasteiger partial charge < -0.3 is 9.47 Å². The fourth-order valence-electron chi connectivity index (χ4n) is 2.57. The van der Waals surface area contributed by atoms with Crippen LogP contribution in [0.2, 0.25) is 0 Å². The van der Waals surface area contributed by atoms with Crippen molar-refractivity contribution < 1.29 is 18.3 Å². The van der Waals surface area contributed by atoms with Crippen molar-refractivity contribution in [1.82, 2.24) is 0 Å². The van der Waals surface area contributed by atoms with Crippen molar-refractivity contribution in [3.05, 3.63) is 29.3 Å². The van der Waals surface area contributed by atoms with Crippen molar-refractivity contribution in [2.75, 3.05) is 6.61 Å². The summed E-state index contributed by atoms with van der Waals surface area (Å²) >= 11 is 0. The van der Waals surface area contributed by atoms with Gasteiger partial charge in [-0.1, -0.05) is 13.8 Å². The maximum absolute atomic E-state index is 14.0. The summed E-state index contributed by atoms with van der Waals surface area (Å²) in [5.74, 6) is -0.642. The minimum absolute atomic E-state index is 0.0652. The Labute approximate surface area is 119 Å². The Hall–Kier alpha value is -1.16. The number of hydrogen-bond donors (Lipinski definition) is 0. The van der Waals surface area contributed by atoms with Crippen molar-refractivity contribution in [3.8, 4) is 5.75 Å². The Morgan fingerprint density at radius 2 is 2.10 bits per heavy atom. The topological polar surface area (TPSA) is 18.5 Å². The molecule has 20 heavy (non-hydrogen) atoms. The Balaban J connectivity index is 2.20. The highest BCUT2D eigenvalue weighted by molar-refractivity contribution is 5.36. The Morgan fingerprint density at radius 3 is 2.75 bits per heavy atom. The van der Waals surface area contributed by atoms with Crippen LogP contribution in [0.3, 0.4) is 0 Å². The summed E-state index contributed by atoms with van der Waals surface area (Å²) in [4.78, 5) is 0. The van der Waals surface area contributed by atoms with Gasteiger partial charge in [0.25, 0.3) is 0 Å². The number of benzene rings is 1. The van der Waals surface area contributed by atoms with Crippen molar-refractivity contribution >= 4 is 0 Å². The molecule has 0 aromatic heterocycles. The Morgan fingerprint density at radius 1 is 1.35 bits per heavy atom. The van der Waals surface area contributed by atoms with E-state index in [4.69, 9.17) is 9.47 Å². The summed E-state index contributed by atoms with van der Waals surface area (Å²) in [6, 6.07) is 2.27. The average molecular weight is 284 g/mol. The van der Waals surface area contributed by atoms with E-state index in [1.54, 1.807) is 0 Å². The molecule has 112 valence electrons. The van der Waals surface area contributed by atoms with Crippen molar-refractivity contribution in [2.24, 2.45) is 5.92 Å². The predicted molar refractivity (Wildman–Crippen MR) is 74.0 cm³/mol. The lowest BCUT2D eigenvalue weighted by Crippen LogP contribution is -2.31. The second-order valence-corrected chi connectivity index (χ2v) is 5.92. The molecule has 1 aromatic carbocycles. The van der Waals surface area contributed by atoms with E-state index in [2.05, 4.69) is 0 Å². The van der Waals surface area contributed by atoms with Crippen LogP contribution in [-0.2, 0) is 11.2 Å². The second-order valence-electron chi connectivity index (χ2n) is 5.92. The molecular weight excluding hydrogens is 262 g/mol. The van der Waals surface area contributed by atoms with Gasteiger partial charge in [-0.05, 0) is 25.3 Å². The molecule has 2 rings (SSSR count). The van der Waals surface area contributed by atoms with E-state index in [1.807, 2.05) is 20.8 Å². The quantitative estimate of drug-likeness (QED) is 0.828. The number of ether oxygens (including phenoxy) is 2. The summed E-state index contributed by atoms with van der Waals surface area (Å²) in [7, 11) is 0. The summed E-state index contributed by atoms with van der Waals surface area (Å²) in [6.45, 7) is 6.63. The molecule has 1 heterocycles. The molecule has 0 bridgehead atoms. The van der Waals surface area contributed by atoms with Gasteiger partial charge in [0.2, 0.25) is 0 Å². The first-order valence-corrected chi connectivity index (χ1v) is 7.22. The van der Waals surface area contributed by atoms with Crippen LogP contribution < -0.4 is 4.74 Å². The van der Waals surface area contributed by atoms with Gasteiger partial charge in [0, 0.05) is 24.5 Å². The predicted octanol–water partition coefficient (Wildman–Crippen LogP) is 4.11. The van der Waals surface area contributed by atoms with Gasteiger partial charge in [-0.3, -0.25) is 0 Å². The van der Waals surface area contributed by atoms with Gasteiger partial charge in [0.1, 0.15) is 11.9 Å². The molecule has 1 saturated heterocycles. The van der Waals surface area contributed by atoms with Gasteiger partial charge in [-0.15, -0.1) is 0 Å². The minimum Gasteiger partial charge on any atom is -0.487 e. The molecular formula is C16H22F2O2. The third-order valence-electron chi connectivity index (χ3n) is 3.43. The van der Waals surface area contributed by atoms with Crippen LogP contribution in [0.4, 0.5) is 8.78 Å². The van der Waals surface area contributed by atoms with Crippen molar-refractivity contribution in [1.29, 1.82) is 0 Å². The number of hydrogen-bond acceptors (Lipinski definition) is 2. The molecule has 1 fully saturated rings. The van der Waals surface area contributed by atoms with Crippen LogP contribution in [0.25, 0.3) is 0 Å². The van der Waals surface area contributed by atoms with E-state index in [0.29, 0.717) is 24.5 Å². The summed E-state index contributed by atoms with van der Waals surface area (Å²) in [5, 5.41) is 0. The summed E-state index contributed by atoms with van der Waals surface area (Å²) in [6.07, 6.45) is 2.12. The Kier molecular flexibility index (Phi) is 4.97. The molecule has 2 atom stereocenters. The van der Waals surface area contributed by atoms with E-state index in [9.17, 15) is 8.78 Å². The van der Waals surface area contributed by atoms with Crippen molar-refractivity contribution in [2.45, 2.75) is 52.2 Å². The molecule has 0 saturated carbocycles. The van der Waals surface area contributed by atoms with E-state index >= 15 is 0 Å². The molecule has 0 aliphatic carbocycles. The third-order valence-corrected chi connectivity index (χ3v) is 3.43. The van der Waals surface area contributed by atoms with Crippen LogP contribution in [0, 0.1) is 17.6 Å². The Bertz CT molecular complexity index is 460. The van der Waals surface area contributed by atoms with Crippen LogP contribution in [0.15, 0.2) is 12.1 Å². The van der Waals surface area contributed by atoms with Gasteiger partial charge in [0.15, 0.2) is 11.6 Å². The second kappa shape index (κ2) is 6.53. The molecule has 2 unspecified atom stereocenters. The molecule has 0 amide bonds.